The van der Waals surface area contributed by atoms with Gasteiger partial charge in [-0.2, -0.15) is 0 Å². The van der Waals surface area contributed by atoms with Crippen LogP contribution in [-0.4, -0.2) is 31.4 Å². The van der Waals surface area contributed by atoms with E-state index in [9.17, 15) is 9.18 Å². The number of aryl methyl sites for hydroxylation is 3. The first-order valence-electron chi connectivity index (χ1n) is 9.94. The molecule has 0 saturated carbocycles. The number of carbonyl (C=O) groups is 1. The molecule has 0 aliphatic rings. The van der Waals surface area contributed by atoms with Crippen LogP contribution in [0.25, 0.3) is 22.6 Å². The van der Waals surface area contributed by atoms with Crippen LogP contribution in [0.1, 0.15) is 16.7 Å². The minimum Gasteiger partial charge on any atom is -0.305 e. The van der Waals surface area contributed by atoms with Crippen molar-refractivity contribution >= 4 is 34.1 Å². The first-order valence-corrected chi connectivity index (χ1v) is 11.8. The molecule has 0 atom stereocenters. The molecule has 0 aliphatic carbocycles. The van der Waals surface area contributed by atoms with Gasteiger partial charge in [0.25, 0.3) is 0 Å². The van der Waals surface area contributed by atoms with Crippen LogP contribution >= 0.6 is 23.1 Å². The van der Waals surface area contributed by atoms with E-state index >= 15 is 0 Å². The standard InChI is InChI=1S/C23H22FN5OS2/c1-13-9-15(3)17(10-14(13)2)19-11-31-22(25-19)26-20(30)12-32-23-28-27-21(29(23)4)16-7-5-6-8-18(16)24/h5-11H,12H2,1-4H3,(H,25,26,30). The minimum atomic E-state index is -0.365. The highest BCUT2D eigenvalue weighted by atomic mass is 32.2. The number of hydrogen-bond donors (Lipinski definition) is 1. The molecule has 0 saturated heterocycles. The summed E-state index contributed by atoms with van der Waals surface area (Å²) in [6.45, 7) is 6.23. The van der Waals surface area contributed by atoms with Crippen LogP contribution in [0.4, 0.5) is 9.52 Å². The third-order valence-electron chi connectivity index (χ3n) is 5.15. The summed E-state index contributed by atoms with van der Waals surface area (Å²) in [5, 5.41) is 14.0. The second-order valence-corrected chi connectivity index (χ2v) is 9.27. The molecule has 0 unspecified atom stereocenters. The highest BCUT2D eigenvalue weighted by Gasteiger charge is 2.16. The summed E-state index contributed by atoms with van der Waals surface area (Å²) in [5.74, 6) is -0.000700. The Morgan fingerprint density at radius 2 is 1.84 bits per heavy atom. The van der Waals surface area contributed by atoms with Gasteiger partial charge in [0.1, 0.15) is 5.82 Å². The van der Waals surface area contributed by atoms with Crippen molar-refractivity contribution in [3.8, 4) is 22.6 Å². The Morgan fingerprint density at radius 1 is 1.09 bits per heavy atom. The average molecular weight is 468 g/mol. The minimum absolute atomic E-state index is 0.140. The van der Waals surface area contributed by atoms with E-state index in [1.807, 2.05) is 5.38 Å². The molecule has 1 amide bonds. The first kappa shape index (κ1) is 22.2. The average Bonchev–Trinajstić information content (AvgIpc) is 3.36. The van der Waals surface area contributed by atoms with Crippen LogP contribution in [0, 0.1) is 26.6 Å². The highest BCUT2D eigenvalue weighted by Crippen LogP contribution is 2.30. The van der Waals surface area contributed by atoms with Crippen molar-refractivity contribution in [2.24, 2.45) is 7.05 Å². The molecule has 0 radical (unpaired) electrons. The van der Waals surface area contributed by atoms with E-state index in [1.165, 1.54) is 40.3 Å². The van der Waals surface area contributed by atoms with Gasteiger partial charge in [0.05, 0.1) is 17.0 Å². The van der Waals surface area contributed by atoms with Gasteiger partial charge in [-0.05, 0) is 55.7 Å². The lowest BCUT2D eigenvalue weighted by Crippen LogP contribution is -2.14. The molecule has 0 fully saturated rings. The number of aromatic nitrogens is 4. The van der Waals surface area contributed by atoms with E-state index < -0.39 is 0 Å². The Balaban J connectivity index is 1.41. The van der Waals surface area contributed by atoms with Crippen LogP contribution in [0.5, 0.6) is 0 Å². The molecule has 2 aromatic carbocycles. The summed E-state index contributed by atoms with van der Waals surface area (Å²) in [7, 11) is 1.75. The van der Waals surface area contributed by atoms with E-state index in [4.69, 9.17) is 0 Å². The zero-order chi connectivity index (χ0) is 22.8. The van der Waals surface area contributed by atoms with E-state index in [0.717, 1.165) is 16.8 Å². The van der Waals surface area contributed by atoms with Crippen LogP contribution in [0.2, 0.25) is 0 Å². The molecule has 1 N–H and O–H groups in total. The number of anilines is 1. The van der Waals surface area contributed by atoms with Crippen molar-refractivity contribution in [1.29, 1.82) is 0 Å². The van der Waals surface area contributed by atoms with Gasteiger partial charge in [-0.1, -0.05) is 30.0 Å². The molecular formula is C23H22FN5OS2. The van der Waals surface area contributed by atoms with Crippen LogP contribution in [-0.2, 0) is 11.8 Å². The predicted molar refractivity (Wildman–Crippen MR) is 128 cm³/mol. The predicted octanol–water partition coefficient (Wildman–Crippen LogP) is 5.40. The first-order chi connectivity index (χ1) is 15.3. The quantitative estimate of drug-likeness (QED) is 0.384. The van der Waals surface area contributed by atoms with Gasteiger partial charge < -0.3 is 9.88 Å². The topological polar surface area (TPSA) is 72.7 Å². The number of amides is 1. The van der Waals surface area contributed by atoms with Crippen molar-refractivity contribution in [1.82, 2.24) is 19.7 Å². The summed E-state index contributed by atoms with van der Waals surface area (Å²) in [4.78, 5) is 17.0. The van der Waals surface area contributed by atoms with Crippen LogP contribution in [0.15, 0.2) is 46.9 Å². The number of nitrogens with zero attached hydrogens (tertiary/aromatic N) is 4. The van der Waals surface area contributed by atoms with Crippen molar-refractivity contribution in [3.63, 3.8) is 0 Å². The highest BCUT2D eigenvalue weighted by molar-refractivity contribution is 7.99. The summed E-state index contributed by atoms with van der Waals surface area (Å²) >= 11 is 2.63. The summed E-state index contributed by atoms with van der Waals surface area (Å²) < 4.78 is 15.7. The van der Waals surface area contributed by atoms with E-state index in [-0.39, 0.29) is 17.5 Å². The Hall–Kier alpha value is -3.04. The fourth-order valence-corrected chi connectivity index (χ4v) is 4.73. The SMILES string of the molecule is Cc1cc(C)c(-c2csc(NC(=O)CSc3nnc(-c4ccccc4F)n3C)n2)cc1C. The van der Waals surface area contributed by atoms with Crippen molar-refractivity contribution in [2.75, 3.05) is 11.1 Å². The van der Waals surface area contributed by atoms with Gasteiger partial charge in [0.15, 0.2) is 16.1 Å². The molecule has 2 heterocycles. The maximum Gasteiger partial charge on any atom is 0.236 e. The lowest BCUT2D eigenvalue weighted by atomic mass is 9.99. The number of nitrogens with one attached hydrogen (secondary N) is 1. The number of benzene rings is 2. The number of hydrogen-bond acceptors (Lipinski definition) is 6. The number of thioether (sulfide) groups is 1. The second-order valence-electron chi connectivity index (χ2n) is 7.47. The number of halogens is 1. The Morgan fingerprint density at radius 3 is 2.62 bits per heavy atom. The van der Waals surface area contributed by atoms with E-state index in [1.54, 1.807) is 29.8 Å². The number of rotatable bonds is 6. The van der Waals surface area contributed by atoms with E-state index in [0.29, 0.717) is 21.7 Å². The van der Waals surface area contributed by atoms with Crippen molar-refractivity contribution in [2.45, 2.75) is 25.9 Å². The van der Waals surface area contributed by atoms with Gasteiger partial charge in [0.2, 0.25) is 5.91 Å². The zero-order valence-electron chi connectivity index (χ0n) is 18.1. The monoisotopic (exact) mass is 467 g/mol. The molecule has 32 heavy (non-hydrogen) atoms. The molecule has 0 bridgehead atoms. The fraction of sp³-hybridized carbons (Fsp3) is 0.217. The van der Waals surface area contributed by atoms with Gasteiger partial charge >= 0.3 is 0 Å². The lowest BCUT2D eigenvalue weighted by Gasteiger charge is -2.07. The molecule has 4 aromatic rings. The van der Waals surface area contributed by atoms with Gasteiger partial charge in [0, 0.05) is 18.0 Å². The maximum atomic E-state index is 14.1. The number of thiazole rings is 1. The number of carbonyl (C=O) groups excluding carboxylic acids is 1. The molecule has 0 spiro atoms. The molecular weight excluding hydrogens is 445 g/mol. The Labute approximate surface area is 193 Å². The summed E-state index contributed by atoms with van der Waals surface area (Å²) in [6, 6.07) is 10.7. The van der Waals surface area contributed by atoms with Crippen LogP contribution < -0.4 is 5.32 Å². The summed E-state index contributed by atoms with van der Waals surface area (Å²) in [6.07, 6.45) is 0. The Kier molecular flexibility index (Phi) is 6.38. The lowest BCUT2D eigenvalue weighted by molar-refractivity contribution is -0.113. The van der Waals surface area contributed by atoms with Gasteiger partial charge in [-0.25, -0.2) is 9.37 Å². The van der Waals surface area contributed by atoms with Gasteiger partial charge in [-0.3, -0.25) is 4.79 Å². The Bertz CT molecular complexity index is 1300. The fourth-order valence-electron chi connectivity index (χ4n) is 3.29. The molecule has 4 rings (SSSR count). The van der Waals surface area contributed by atoms with Crippen molar-refractivity contribution < 1.29 is 9.18 Å². The third kappa shape index (κ3) is 4.58. The smallest absolute Gasteiger partial charge is 0.236 e. The molecule has 2 aromatic heterocycles. The molecule has 0 aliphatic heterocycles. The van der Waals surface area contributed by atoms with Crippen LogP contribution in [0.3, 0.4) is 0 Å². The normalized spacial score (nSPS) is 11.0. The largest absolute Gasteiger partial charge is 0.305 e. The second kappa shape index (κ2) is 9.22. The van der Waals surface area contributed by atoms with Crippen molar-refractivity contribution in [3.05, 3.63) is 64.3 Å². The third-order valence-corrected chi connectivity index (χ3v) is 6.93. The summed E-state index contributed by atoms with van der Waals surface area (Å²) in [5.41, 5.74) is 5.89. The molecule has 9 heteroatoms. The van der Waals surface area contributed by atoms with E-state index in [2.05, 4.69) is 53.4 Å². The molecule has 164 valence electrons. The maximum absolute atomic E-state index is 14.1. The zero-order valence-corrected chi connectivity index (χ0v) is 19.8. The molecule has 6 nitrogen and oxygen atoms in total. The van der Waals surface area contributed by atoms with Gasteiger partial charge in [-0.15, -0.1) is 21.5 Å².